The van der Waals surface area contributed by atoms with Gasteiger partial charge in [-0.3, -0.25) is 9.48 Å². The first-order valence-electron chi connectivity index (χ1n) is 5.14. The number of aliphatic carboxylic acids is 1. The number of nitrogens with two attached hydrogens (primary N) is 1. The van der Waals surface area contributed by atoms with Gasteiger partial charge in [0.25, 0.3) is 0 Å². The number of hydrogen-bond acceptors (Lipinski definition) is 4. The Morgan fingerprint density at radius 1 is 1.69 bits per heavy atom. The molecule has 0 saturated heterocycles. The Morgan fingerprint density at radius 3 is 3.00 bits per heavy atom. The Balaban J connectivity index is 2.09. The third-order valence-corrected chi connectivity index (χ3v) is 3.33. The first-order valence-corrected chi connectivity index (χ1v) is 6.29. The van der Waals surface area contributed by atoms with Crippen LogP contribution in [0.4, 0.5) is 0 Å². The summed E-state index contributed by atoms with van der Waals surface area (Å²) in [6.07, 6.45) is 3.25. The highest BCUT2D eigenvalue weighted by Gasteiger charge is 2.10. The third kappa shape index (κ3) is 4.24. The minimum Gasteiger partial charge on any atom is -0.480 e. The van der Waals surface area contributed by atoms with E-state index < -0.39 is 12.0 Å². The van der Waals surface area contributed by atoms with Gasteiger partial charge in [0.2, 0.25) is 0 Å². The molecule has 0 spiro atoms. The van der Waals surface area contributed by atoms with E-state index in [0.29, 0.717) is 6.42 Å². The highest BCUT2D eigenvalue weighted by molar-refractivity contribution is 7.99. The van der Waals surface area contributed by atoms with Crippen molar-refractivity contribution in [3.8, 4) is 0 Å². The zero-order chi connectivity index (χ0) is 12.0. The highest BCUT2D eigenvalue weighted by Crippen LogP contribution is 2.08. The van der Waals surface area contributed by atoms with Crippen molar-refractivity contribution in [1.82, 2.24) is 9.78 Å². The number of thioether (sulfide) groups is 1. The number of hydrogen-bond donors (Lipinski definition) is 2. The van der Waals surface area contributed by atoms with Crippen LogP contribution in [0.1, 0.15) is 12.1 Å². The van der Waals surface area contributed by atoms with Crippen LogP contribution in [0.3, 0.4) is 0 Å². The van der Waals surface area contributed by atoms with Gasteiger partial charge >= 0.3 is 5.97 Å². The van der Waals surface area contributed by atoms with Crippen molar-refractivity contribution in [3.63, 3.8) is 0 Å². The predicted octanol–water partition coefficient (Wildman–Crippen LogP) is 0.498. The Labute approximate surface area is 99.0 Å². The van der Waals surface area contributed by atoms with Crippen LogP contribution in [-0.2, 0) is 18.3 Å². The van der Waals surface area contributed by atoms with Gasteiger partial charge in [0.15, 0.2) is 0 Å². The molecule has 1 unspecified atom stereocenters. The van der Waals surface area contributed by atoms with Crippen LogP contribution in [0.25, 0.3) is 0 Å². The Hall–Kier alpha value is -1.01. The van der Waals surface area contributed by atoms with E-state index >= 15 is 0 Å². The fourth-order valence-electron chi connectivity index (χ4n) is 1.26. The molecule has 1 heterocycles. The first kappa shape index (κ1) is 13.1. The molecule has 1 rings (SSSR count). The molecule has 0 aliphatic carbocycles. The van der Waals surface area contributed by atoms with E-state index in [2.05, 4.69) is 5.10 Å². The molecule has 0 aliphatic rings. The lowest BCUT2D eigenvalue weighted by Gasteiger charge is -2.05. The van der Waals surface area contributed by atoms with Crippen LogP contribution in [0.2, 0.25) is 0 Å². The van der Waals surface area contributed by atoms with Gasteiger partial charge in [-0.25, -0.2) is 0 Å². The van der Waals surface area contributed by atoms with Crippen molar-refractivity contribution < 1.29 is 9.90 Å². The minimum atomic E-state index is -0.924. The summed E-state index contributed by atoms with van der Waals surface area (Å²) >= 11 is 1.72. The molecule has 16 heavy (non-hydrogen) atoms. The van der Waals surface area contributed by atoms with E-state index in [-0.39, 0.29) is 0 Å². The average Bonchev–Trinajstić information content (AvgIpc) is 2.63. The molecule has 6 heteroatoms. The SMILES string of the molecule is Cn1nccc1CCSCCC(N)C(=O)O. The van der Waals surface area contributed by atoms with Gasteiger partial charge in [-0.15, -0.1) is 0 Å². The molecule has 0 aromatic carbocycles. The molecule has 5 nitrogen and oxygen atoms in total. The highest BCUT2D eigenvalue weighted by atomic mass is 32.2. The van der Waals surface area contributed by atoms with Crippen molar-refractivity contribution in [2.24, 2.45) is 12.8 Å². The van der Waals surface area contributed by atoms with Gasteiger partial charge < -0.3 is 10.8 Å². The van der Waals surface area contributed by atoms with Crippen molar-refractivity contribution in [2.45, 2.75) is 18.9 Å². The topological polar surface area (TPSA) is 81.1 Å². The van der Waals surface area contributed by atoms with E-state index in [1.807, 2.05) is 17.8 Å². The molecule has 0 amide bonds. The largest absolute Gasteiger partial charge is 0.480 e. The number of nitrogens with zero attached hydrogens (tertiary/aromatic N) is 2. The molecule has 1 atom stereocenters. The van der Waals surface area contributed by atoms with Gasteiger partial charge in [0, 0.05) is 18.9 Å². The Bertz CT molecular complexity index is 341. The maximum atomic E-state index is 10.4. The number of carbonyl (C=O) groups is 1. The summed E-state index contributed by atoms with van der Waals surface area (Å²) in [6, 6.07) is 1.26. The molecule has 0 saturated carbocycles. The second-order valence-corrected chi connectivity index (χ2v) is 4.77. The molecule has 90 valence electrons. The summed E-state index contributed by atoms with van der Waals surface area (Å²) in [4.78, 5) is 10.4. The summed E-state index contributed by atoms with van der Waals surface area (Å²) in [5.41, 5.74) is 6.58. The van der Waals surface area contributed by atoms with Crippen LogP contribution in [-0.4, -0.2) is 38.4 Å². The fourth-order valence-corrected chi connectivity index (χ4v) is 2.24. The average molecular weight is 243 g/mol. The number of carboxylic acids is 1. The van der Waals surface area contributed by atoms with Gasteiger partial charge in [0.05, 0.1) is 0 Å². The lowest BCUT2D eigenvalue weighted by atomic mass is 10.2. The van der Waals surface area contributed by atoms with E-state index in [9.17, 15) is 4.79 Å². The molecule has 0 bridgehead atoms. The standard InChI is InChI=1S/C10H17N3O2S/c1-13-8(2-5-12-13)3-6-16-7-4-9(11)10(14)15/h2,5,9H,3-4,6-7,11H2,1H3,(H,14,15). The number of aromatic nitrogens is 2. The summed E-state index contributed by atoms with van der Waals surface area (Å²) in [5, 5.41) is 12.7. The van der Waals surface area contributed by atoms with Crippen molar-refractivity contribution in [2.75, 3.05) is 11.5 Å². The van der Waals surface area contributed by atoms with Crippen LogP contribution >= 0.6 is 11.8 Å². The van der Waals surface area contributed by atoms with E-state index in [4.69, 9.17) is 10.8 Å². The molecule has 1 aromatic rings. The van der Waals surface area contributed by atoms with Crippen LogP contribution in [0, 0.1) is 0 Å². The van der Waals surface area contributed by atoms with Crippen molar-refractivity contribution in [3.05, 3.63) is 18.0 Å². The lowest BCUT2D eigenvalue weighted by molar-refractivity contribution is -0.138. The van der Waals surface area contributed by atoms with Gasteiger partial charge in [-0.2, -0.15) is 16.9 Å². The fraction of sp³-hybridized carbons (Fsp3) is 0.600. The van der Waals surface area contributed by atoms with Gasteiger partial charge in [-0.05, 0) is 30.4 Å². The van der Waals surface area contributed by atoms with Crippen LogP contribution in [0.15, 0.2) is 12.3 Å². The summed E-state index contributed by atoms with van der Waals surface area (Å²) < 4.78 is 1.85. The zero-order valence-electron chi connectivity index (χ0n) is 9.30. The Morgan fingerprint density at radius 2 is 2.44 bits per heavy atom. The lowest BCUT2D eigenvalue weighted by Crippen LogP contribution is -2.30. The van der Waals surface area contributed by atoms with E-state index in [1.54, 1.807) is 18.0 Å². The zero-order valence-corrected chi connectivity index (χ0v) is 10.1. The number of carboxylic acid groups (broad SMARTS) is 1. The first-order chi connectivity index (χ1) is 7.61. The maximum absolute atomic E-state index is 10.4. The molecule has 0 aliphatic heterocycles. The van der Waals surface area contributed by atoms with Gasteiger partial charge in [0.1, 0.15) is 6.04 Å². The second-order valence-electron chi connectivity index (χ2n) is 3.54. The molecular weight excluding hydrogens is 226 g/mol. The van der Waals surface area contributed by atoms with Crippen molar-refractivity contribution >= 4 is 17.7 Å². The number of rotatable bonds is 7. The van der Waals surface area contributed by atoms with Crippen molar-refractivity contribution in [1.29, 1.82) is 0 Å². The predicted molar refractivity (Wildman–Crippen MR) is 64.5 cm³/mol. The molecular formula is C10H17N3O2S. The molecule has 0 fully saturated rings. The van der Waals surface area contributed by atoms with E-state index in [0.717, 1.165) is 17.9 Å². The van der Waals surface area contributed by atoms with E-state index in [1.165, 1.54) is 5.69 Å². The molecule has 3 N–H and O–H groups in total. The van der Waals surface area contributed by atoms with Crippen LogP contribution < -0.4 is 5.73 Å². The molecule has 1 aromatic heterocycles. The summed E-state index contributed by atoms with van der Waals surface area (Å²) in [6.45, 7) is 0. The Kier molecular flexibility index (Phi) is 5.34. The quantitative estimate of drug-likeness (QED) is 0.681. The summed E-state index contributed by atoms with van der Waals surface area (Å²) in [7, 11) is 1.92. The smallest absolute Gasteiger partial charge is 0.320 e. The molecule has 0 radical (unpaired) electrons. The summed E-state index contributed by atoms with van der Waals surface area (Å²) in [5.74, 6) is 0.823. The monoisotopic (exact) mass is 243 g/mol. The van der Waals surface area contributed by atoms with Gasteiger partial charge in [-0.1, -0.05) is 0 Å². The maximum Gasteiger partial charge on any atom is 0.320 e. The normalized spacial score (nSPS) is 12.6. The third-order valence-electron chi connectivity index (χ3n) is 2.32. The second kappa shape index (κ2) is 6.55. The van der Waals surface area contributed by atoms with Crippen LogP contribution in [0.5, 0.6) is 0 Å². The minimum absolute atomic E-state index is 0.519. The number of aryl methyl sites for hydroxylation is 2.